The van der Waals surface area contributed by atoms with Gasteiger partial charge < -0.3 is 5.11 Å². The van der Waals surface area contributed by atoms with Crippen LogP contribution in [0.15, 0.2) is 53.7 Å². The lowest BCUT2D eigenvalue weighted by molar-refractivity contribution is -0.207. The molecular formula is C25H23ClF3N7O3. The summed E-state index contributed by atoms with van der Waals surface area (Å²) in [5.41, 5.74) is 0.534. The lowest BCUT2D eigenvalue weighted by atomic mass is 10.1. The predicted octanol–water partition coefficient (Wildman–Crippen LogP) is 3.22. The van der Waals surface area contributed by atoms with Gasteiger partial charge in [0.25, 0.3) is 0 Å². The number of carbonyl (C=O) groups is 1. The highest BCUT2D eigenvalue weighted by Crippen LogP contribution is 2.33. The van der Waals surface area contributed by atoms with Gasteiger partial charge in [0.1, 0.15) is 18.7 Å². The van der Waals surface area contributed by atoms with Crippen LogP contribution in [0.5, 0.6) is 0 Å². The first-order chi connectivity index (χ1) is 18.6. The number of aliphatic hydroxyl groups is 1. The summed E-state index contributed by atoms with van der Waals surface area (Å²) in [5, 5.41) is 18.6. The monoisotopic (exact) mass is 561 g/mol. The van der Waals surface area contributed by atoms with Crippen LogP contribution < -0.4 is 5.69 Å². The number of hydrogen-bond acceptors (Lipinski definition) is 7. The Morgan fingerprint density at radius 3 is 2.56 bits per heavy atom. The summed E-state index contributed by atoms with van der Waals surface area (Å²) >= 11 is 5.92. The SMILES string of the molecule is O=C(Cc1ncccc1-n1cnc(Cn2nc(-c3ccc(Cl)cc3)n(C[C@H](O)C(F)(F)F)c2=O)n1)CC1CC1. The van der Waals surface area contributed by atoms with E-state index < -0.39 is 24.5 Å². The molecule has 0 radical (unpaired) electrons. The molecule has 0 bridgehead atoms. The molecule has 204 valence electrons. The average molecular weight is 562 g/mol. The van der Waals surface area contributed by atoms with E-state index in [9.17, 15) is 27.9 Å². The number of Topliss-reactive ketones (excluding diaryl/α,β-unsaturated/α-hetero) is 1. The molecule has 1 aromatic carbocycles. The van der Waals surface area contributed by atoms with Crippen molar-refractivity contribution in [3.8, 4) is 17.1 Å². The van der Waals surface area contributed by atoms with E-state index in [0.717, 1.165) is 22.1 Å². The van der Waals surface area contributed by atoms with Crippen molar-refractivity contribution in [2.24, 2.45) is 5.92 Å². The lowest BCUT2D eigenvalue weighted by Crippen LogP contribution is -2.37. The van der Waals surface area contributed by atoms with Crippen LogP contribution >= 0.6 is 11.6 Å². The molecular weight excluding hydrogens is 539 g/mol. The van der Waals surface area contributed by atoms with E-state index in [-0.39, 0.29) is 30.4 Å². The highest BCUT2D eigenvalue weighted by molar-refractivity contribution is 6.30. The van der Waals surface area contributed by atoms with E-state index in [1.165, 1.54) is 35.3 Å². The van der Waals surface area contributed by atoms with Crippen LogP contribution in [0.2, 0.25) is 5.02 Å². The number of hydrogen-bond donors (Lipinski definition) is 1. The smallest absolute Gasteiger partial charge is 0.382 e. The van der Waals surface area contributed by atoms with Gasteiger partial charge in [0.15, 0.2) is 17.8 Å². The maximum atomic E-state index is 13.1. The maximum absolute atomic E-state index is 13.1. The number of rotatable bonds is 10. The van der Waals surface area contributed by atoms with Gasteiger partial charge in [-0.15, -0.1) is 10.2 Å². The topological polar surface area (TPSA) is 121 Å². The van der Waals surface area contributed by atoms with Crippen molar-refractivity contribution in [2.75, 3.05) is 0 Å². The number of aliphatic hydroxyl groups excluding tert-OH is 1. The van der Waals surface area contributed by atoms with E-state index in [4.69, 9.17) is 11.6 Å². The Hall–Kier alpha value is -3.84. The minimum atomic E-state index is -4.93. The van der Waals surface area contributed by atoms with E-state index in [0.29, 0.717) is 34.3 Å². The van der Waals surface area contributed by atoms with Gasteiger partial charge in [-0.1, -0.05) is 11.6 Å². The Morgan fingerprint density at radius 2 is 1.87 bits per heavy atom. The summed E-state index contributed by atoms with van der Waals surface area (Å²) in [6, 6.07) is 9.47. The van der Waals surface area contributed by atoms with Gasteiger partial charge in [0, 0.05) is 23.2 Å². The zero-order chi connectivity index (χ0) is 27.7. The number of carbonyl (C=O) groups excluding carboxylic acids is 1. The molecule has 0 unspecified atom stereocenters. The van der Waals surface area contributed by atoms with Gasteiger partial charge in [0.2, 0.25) is 0 Å². The molecule has 5 rings (SSSR count). The van der Waals surface area contributed by atoms with Crippen LogP contribution in [0.25, 0.3) is 17.1 Å². The molecule has 3 heterocycles. The second-order valence-corrected chi connectivity index (χ2v) is 9.81. The lowest BCUT2D eigenvalue weighted by Gasteiger charge is -2.15. The number of benzene rings is 1. The Kier molecular flexibility index (Phi) is 7.36. The summed E-state index contributed by atoms with van der Waals surface area (Å²) in [4.78, 5) is 34.0. The number of ketones is 1. The summed E-state index contributed by atoms with van der Waals surface area (Å²) in [5.74, 6) is 0.615. The van der Waals surface area contributed by atoms with Crippen molar-refractivity contribution in [3.63, 3.8) is 0 Å². The molecule has 39 heavy (non-hydrogen) atoms. The molecule has 1 fully saturated rings. The van der Waals surface area contributed by atoms with Crippen LogP contribution in [0.3, 0.4) is 0 Å². The van der Waals surface area contributed by atoms with Crippen molar-refractivity contribution in [2.45, 2.75) is 51.1 Å². The molecule has 1 saturated carbocycles. The Morgan fingerprint density at radius 1 is 1.13 bits per heavy atom. The molecule has 4 aromatic rings. The quantitative estimate of drug-likeness (QED) is 0.315. The number of alkyl halides is 3. The molecule has 0 spiro atoms. The normalized spacial score (nSPS) is 14.5. The Bertz CT molecular complexity index is 1540. The van der Waals surface area contributed by atoms with Crippen molar-refractivity contribution >= 4 is 17.4 Å². The van der Waals surface area contributed by atoms with E-state index >= 15 is 0 Å². The maximum Gasteiger partial charge on any atom is 0.416 e. The fraction of sp³-hybridized carbons (Fsp3) is 0.360. The first-order valence-corrected chi connectivity index (χ1v) is 12.5. The highest BCUT2D eigenvalue weighted by atomic mass is 35.5. The molecule has 1 aliphatic carbocycles. The average Bonchev–Trinajstić information content (AvgIpc) is 3.49. The van der Waals surface area contributed by atoms with Gasteiger partial charge >= 0.3 is 11.9 Å². The van der Waals surface area contributed by atoms with Gasteiger partial charge in [-0.2, -0.15) is 13.2 Å². The van der Waals surface area contributed by atoms with Crippen LogP contribution in [-0.2, 0) is 24.3 Å². The third kappa shape index (κ3) is 6.25. The third-order valence-corrected chi connectivity index (χ3v) is 6.53. The van der Waals surface area contributed by atoms with E-state index in [1.807, 2.05) is 0 Å². The summed E-state index contributed by atoms with van der Waals surface area (Å²) in [6.45, 7) is -1.30. The first kappa shape index (κ1) is 26.8. The van der Waals surface area contributed by atoms with Gasteiger partial charge in [-0.05, 0) is 55.2 Å². The van der Waals surface area contributed by atoms with Gasteiger partial charge in [0.05, 0.1) is 24.3 Å². The minimum Gasteiger partial charge on any atom is -0.382 e. The van der Waals surface area contributed by atoms with Gasteiger partial charge in [-0.3, -0.25) is 14.3 Å². The molecule has 0 amide bonds. The van der Waals surface area contributed by atoms with Crippen LogP contribution in [0.4, 0.5) is 13.2 Å². The molecule has 10 nitrogen and oxygen atoms in total. The molecule has 14 heteroatoms. The van der Waals surface area contributed by atoms with Crippen LogP contribution in [0, 0.1) is 5.92 Å². The van der Waals surface area contributed by atoms with Crippen LogP contribution in [-0.4, -0.2) is 57.3 Å². The summed E-state index contributed by atoms with van der Waals surface area (Å²) in [6.07, 6.45) is -1.92. The molecule has 0 aliphatic heterocycles. The zero-order valence-electron chi connectivity index (χ0n) is 20.4. The Balaban J connectivity index is 1.42. The van der Waals surface area contributed by atoms with Crippen molar-refractivity contribution in [1.29, 1.82) is 0 Å². The summed E-state index contributed by atoms with van der Waals surface area (Å²) in [7, 11) is 0. The second-order valence-electron chi connectivity index (χ2n) is 9.38. The van der Waals surface area contributed by atoms with E-state index in [2.05, 4.69) is 20.2 Å². The Labute approximate surface area is 224 Å². The zero-order valence-corrected chi connectivity index (χ0v) is 21.2. The van der Waals surface area contributed by atoms with Crippen LogP contribution in [0.1, 0.15) is 30.8 Å². The van der Waals surface area contributed by atoms with E-state index in [1.54, 1.807) is 18.3 Å². The number of nitrogens with zero attached hydrogens (tertiary/aromatic N) is 7. The highest BCUT2D eigenvalue weighted by Gasteiger charge is 2.39. The predicted molar refractivity (Wildman–Crippen MR) is 133 cm³/mol. The number of aromatic nitrogens is 7. The largest absolute Gasteiger partial charge is 0.416 e. The molecule has 1 aliphatic rings. The molecule has 0 saturated heterocycles. The second kappa shape index (κ2) is 10.7. The number of halogens is 4. The van der Waals surface area contributed by atoms with Crippen molar-refractivity contribution in [3.05, 3.63) is 75.9 Å². The fourth-order valence-corrected chi connectivity index (χ4v) is 4.22. The number of pyridine rings is 1. The third-order valence-electron chi connectivity index (χ3n) is 6.28. The van der Waals surface area contributed by atoms with Gasteiger partial charge in [-0.25, -0.2) is 19.1 Å². The molecule has 1 atom stereocenters. The first-order valence-electron chi connectivity index (χ1n) is 12.1. The molecule has 1 N–H and O–H groups in total. The van der Waals surface area contributed by atoms with Crippen molar-refractivity contribution < 1.29 is 23.1 Å². The summed E-state index contributed by atoms with van der Waals surface area (Å²) < 4.78 is 42.4. The fourth-order valence-electron chi connectivity index (χ4n) is 4.09. The standard InChI is InChI=1S/C25H23ClF3N7O3/c26-17-7-5-16(6-8-17)23-33-35(24(39)34(23)12-21(38)25(27,28)29)13-22-31-14-36(32-22)20-2-1-9-30-19(20)11-18(37)10-15-3-4-15/h1-2,5-9,14-15,21,38H,3-4,10-13H2/t21-/m0/s1. The molecule has 3 aromatic heterocycles. The van der Waals surface area contributed by atoms with Crippen molar-refractivity contribution in [1.82, 2.24) is 34.1 Å². The minimum absolute atomic E-state index is 0.0804.